The van der Waals surface area contributed by atoms with E-state index in [0.717, 1.165) is 154 Å². The zero-order valence-electron chi connectivity index (χ0n) is 47.7. The number of likely N-dealkylation sites (tertiary alicyclic amines) is 3. The monoisotopic (exact) mass is 1170 g/mol. The van der Waals surface area contributed by atoms with E-state index in [9.17, 15) is 4.79 Å². The number of unbranched alkanes of at least 4 members (excludes halogenated alkanes) is 3. The number of fused-ring (bicyclic) bond motifs is 1. The van der Waals surface area contributed by atoms with Gasteiger partial charge < -0.3 is 52.5 Å². The van der Waals surface area contributed by atoms with Gasteiger partial charge in [0.1, 0.15) is 0 Å². The largest absolute Gasteiger partial charge is 0.478 e. The summed E-state index contributed by atoms with van der Waals surface area (Å²) in [5.41, 5.74) is 23.7. The van der Waals surface area contributed by atoms with E-state index >= 15 is 0 Å². The molecule has 83 heavy (non-hydrogen) atoms. The number of aromatic carboxylic acids is 1. The van der Waals surface area contributed by atoms with Crippen molar-refractivity contribution in [2.45, 2.75) is 153 Å². The van der Waals surface area contributed by atoms with Crippen LogP contribution in [0.15, 0.2) is 78.2 Å². The number of nitriles is 1. The highest BCUT2D eigenvalue weighted by atomic mass is 32.1. The first-order valence-electron chi connectivity index (χ1n) is 28.7. The average molecular weight is 1170 g/mol. The van der Waals surface area contributed by atoms with Crippen LogP contribution < -0.4 is 17.2 Å². The van der Waals surface area contributed by atoms with Crippen LogP contribution in [-0.2, 0) is 48.4 Å². The van der Waals surface area contributed by atoms with Gasteiger partial charge in [0.15, 0.2) is 0 Å². The van der Waals surface area contributed by atoms with Gasteiger partial charge in [0.05, 0.1) is 17.2 Å². The Labute approximate surface area is 493 Å². The first-order chi connectivity index (χ1) is 39.9. The van der Waals surface area contributed by atoms with Crippen LogP contribution in [0.2, 0.25) is 19.0 Å². The Balaban J connectivity index is 0.000000396. The van der Waals surface area contributed by atoms with Crippen LogP contribution in [0.25, 0.3) is 10.1 Å². The smallest absolute Gasteiger partial charge is 0.451 e. The summed E-state index contributed by atoms with van der Waals surface area (Å²) < 4.78 is 1.38. The molecule has 0 radical (unpaired) electrons. The van der Waals surface area contributed by atoms with Crippen LogP contribution in [0.1, 0.15) is 129 Å². The molecule has 7 rings (SSSR count). The number of hydrogen-bond donors (Lipinski definition) is 10. The van der Waals surface area contributed by atoms with E-state index in [1.54, 1.807) is 18.2 Å². The minimum atomic E-state index is -1.21. The maximum Gasteiger partial charge on any atom is 0.451 e. The van der Waals surface area contributed by atoms with Gasteiger partial charge in [-0.05, 0) is 192 Å². The minimum Gasteiger partial charge on any atom is -0.478 e. The molecule has 3 saturated heterocycles. The molecule has 4 heterocycles. The number of benzene rings is 3. The molecule has 3 aromatic carbocycles. The summed E-state index contributed by atoms with van der Waals surface area (Å²) in [6.45, 7) is 9.00. The number of piperidine rings is 3. The van der Waals surface area contributed by atoms with Crippen molar-refractivity contribution in [3.05, 3.63) is 106 Å². The van der Waals surface area contributed by atoms with Gasteiger partial charge in [-0.1, -0.05) is 81.0 Å². The summed E-state index contributed by atoms with van der Waals surface area (Å²) in [7, 11) is -3.57. The summed E-state index contributed by atoms with van der Waals surface area (Å²) in [6.07, 6.45) is 17.0. The third kappa shape index (κ3) is 31.8. The zero-order chi connectivity index (χ0) is 61.4. The highest BCUT2D eigenvalue weighted by molar-refractivity contribution is 7.17. The Morgan fingerprint density at radius 1 is 0.542 bits per heavy atom. The maximum absolute atomic E-state index is 11.1. The number of nitrogens with two attached hydrogens (primary N) is 3. The Morgan fingerprint density at radius 3 is 1.30 bits per heavy atom. The number of rotatable bonds is 25. The van der Waals surface area contributed by atoms with Gasteiger partial charge >= 0.3 is 45.8 Å². The SMILES string of the molecule is N#Cc1cccc(CN2CCC(C(N)CCCCB(O)O)CC2)c1.NC(CCCCB(O)O)C1CCN(Cc2cccc(C(=O)O)c2)CC1.NC(CCCCB(O)O)C1CCN(Cc2csc3ccccc23)CC1.O=C=O.O=C=O.O=C=O. The van der Waals surface area contributed by atoms with E-state index in [1.165, 1.54) is 34.1 Å². The summed E-state index contributed by atoms with van der Waals surface area (Å²) in [6, 6.07) is 26.4. The number of carbonyl (C=O) groups excluding carboxylic acids is 6. The van der Waals surface area contributed by atoms with Crippen LogP contribution >= 0.6 is 11.3 Å². The summed E-state index contributed by atoms with van der Waals surface area (Å²) in [4.78, 5) is 67.1. The van der Waals surface area contributed by atoms with Gasteiger partial charge in [-0.2, -0.15) is 34.0 Å². The topological polar surface area (TPSA) is 373 Å². The number of carboxylic acid groups (broad SMARTS) is 1. The molecule has 0 bridgehead atoms. The lowest BCUT2D eigenvalue weighted by atomic mass is 9.82. The van der Waals surface area contributed by atoms with E-state index in [2.05, 4.69) is 56.5 Å². The fourth-order valence-corrected chi connectivity index (χ4v) is 11.9. The third-order valence-electron chi connectivity index (χ3n) is 15.5. The van der Waals surface area contributed by atoms with Crippen molar-refractivity contribution in [3.63, 3.8) is 0 Å². The minimum absolute atomic E-state index is 0.174. The van der Waals surface area contributed by atoms with E-state index in [1.807, 2.05) is 35.6 Å². The molecule has 3 aliphatic heterocycles. The van der Waals surface area contributed by atoms with Crippen molar-refractivity contribution < 1.29 is 68.8 Å². The molecular formula is C58H86B3N7O14S. The van der Waals surface area contributed by atoms with Gasteiger partial charge in [-0.15, -0.1) is 11.3 Å². The van der Waals surface area contributed by atoms with Gasteiger partial charge in [0.2, 0.25) is 0 Å². The third-order valence-corrected chi connectivity index (χ3v) is 16.5. The molecule has 0 aliphatic carbocycles. The normalized spacial score (nSPS) is 16.0. The van der Waals surface area contributed by atoms with Crippen molar-refractivity contribution in [1.82, 2.24) is 14.7 Å². The molecule has 3 aliphatic rings. The van der Waals surface area contributed by atoms with Crippen molar-refractivity contribution in [3.8, 4) is 6.07 Å². The van der Waals surface area contributed by atoms with E-state index in [0.29, 0.717) is 42.3 Å². The first-order valence-corrected chi connectivity index (χ1v) is 29.6. The molecule has 3 unspecified atom stereocenters. The number of nitrogens with zero attached hydrogens (tertiary/aromatic N) is 4. The number of hydrogen-bond acceptors (Lipinski definition) is 21. The van der Waals surface area contributed by atoms with Gasteiger partial charge in [-0.25, -0.2) is 4.79 Å². The quantitative estimate of drug-likeness (QED) is 0.0319. The first kappa shape index (κ1) is 73.5. The van der Waals surface area contributed by atoms with E-state index in [-0.39, 0.29) is 36.6 Å². The summed E-state index contributed by atoms with van der Waals surface area (Å²) in [5.74, 6) is 0.793. The molecule has 4 aromatic rings. The molecule has 3 atom stereocenters. The molecule has 0 spiro atoms. The Morgan fingerprint density at radius 2 is 0.916 bits per heavy atom. The van der Waals surface area contributed by atoms with Crippen LogP contribution in [-0.4, -0.2) is 153 Å². The molecule has 13 N–H and O–H groups in total. The number of carboxylic acids is 1. The highest BCUT2D eigenvalue weighted by Crippen LogP contribution is 2.30. The standard InChI is InChI=1S/C19H29BN2O2S.C18H28BN3O2.C18H29BN2O4.3CO2/c21-18(6-3-4-10-20(23)24)15-8-11-22(12-9-15)13-16-14-25-19-7-2-1-5-17(16)19;20-13-15-4-3-5-16(12-15)14-22-10-7-17(8-11-22)18(21)6-1-2-9-19(23)24;20-17(6-1-2-9-19(24)25)15-7-10-21(11-8-15)13-14-4-3-5-16(12-14)18(22)23;3*2-1-3/h1-2,5,7,14-15,18,23-24H,3-4,6,8-13,21H2;3-5,12,17-18,23-24H,1-2,6-11,14,21H2;3-5,12,15,17,24-25H,1-2,6-11,13,20H2,(H,22,23);;;. The van der Waals surface area contributed by atoms with Crippen LogP contribution in [0, 0.1) is 29.1 Å². The Hall–Kier alpha value is -5.57. The van der Waals surface area contributed by atoms with Gasteiger partial charge in [0.25, 0.3) is 0 Å². The second kappa shape index (κ2) is 44.0. The van der Waals surface area contributed by atoms with Crippen molar-refractivity contribution in [1.29, 1.82) is 5.26 Å². The molecule has 452 valence electrons. The average Bonchev–Trinajstić information content (AvgIpc) is 4.16. The second-order valence-corrected chi connectivity index (χ2v) is 22.4. The second-order valence-electron chi connectivity index (χ2n) is 21.5. The van der Waals surface area contributed by atoms with Crippen LogP contribution in [0.3, 0.4) is 0 Å². The lowest BCUT2D eigenvalue weighted by molar-refractivity contribution is -0.193. The fourth-order valence-electron chi connectivity index (χ4n) is 10.9. The predicted octanol–water partition coefficient (Wildman–Crippen LogP) is 4.64. The zero-order valence-corrected chi connectivity index (χ0v) is 48.5. The molecule has 0 saturated carbocycles. The van der Waals surface area contributed by atoms with Gasteiger partial charge in [0, 0.05) is 42.5 Å². The lowest BCUT2D eigenvalue weighted by Crippen LogP contribution is -2.40. The molecule has 1 aromatic heterocycles. The molecule has 21 nitrogen and oxygen atoms in total. The van der Waals surface area contributed by atoms with Crippen molar-refractivity contribution >= 4 is 67.2 Å². The predicted molar refractivity (Wildman–Crippen MR) is 316 cm³/mol. The Kier molecular flexibility index (Phi) is 39.0. The van der Waals surface area contributed by atoms with E-state index < -0.39 is 27.3 Å². The molecule has 0 amide bonds. The number of carbonyl (C=O) groups is 1. The van der Waals surface area contributed by atoms with Crippen LogP contribution in [0.5, 0.6) is 0 Å². The van der Waals surface area contributed by atoms with Crippen molar-refractivity contribution in [2.75, 3.05) is 39.3 Å². The summed E-state index contributed by atoms with van der Waals surface area (Å²) in [5, 5.41) is 74.9. The van der Waals surface area contributed by atoms with Gasteiger partial charge in [-0.3, -0.25) is 14.7 Å². The highest BCUT2D eigenvalue weighted by Gasteiger charge is 2.27. The lowest BCUT2D eigenvalue weighted by Gasteiger charge is -2.35. The molecular weight excluding hydrogens is 1080 g/mol. The van der Waals surface area contributed by atoms with Crippen LogP contribution in [0.4, 0.5) is 0 Å². The van der Waals surface area contributed by atoms with Crippen molar-refractivity contribution in [2.24, 2.45) is 35.0 Å². The van der Waals surface area contributed by atoms with E-state index in [4.69, 9.17) is 86.5 Å². The Bertz CT molecular complexity index is 2510. The number of thiophene rings is 1. The summed E-state index contributed by atoms with van der Waals surface area (Å²) >= 11 is 1.84. The molecule has 3 fully saturated rings. The molecule has 25 heteroatoms. The fraction of sp³-hybridized carbons (Fsp3) is 0.569. The maximum atomic E-state index is 11.1.